The van der Waals surface area contributed by atoms with Gasteiger partial charge in [0.2, 0.25) is 0 Å². The highest BCUT2D eigenvalue weighted by Gasteiger charge is 2.12. The van der Waals surface area contributed by atoms with Gasteiger partial charge in [-0.15, -0.1) is 0 Å². The Morgan fingerprint density at radius 1 is 1.20 bits per heavy atom. The van der Waals surface area contributed by atoms with Crippen LogP contribution < -0.4 is 11.1 Å². The molecule has 0 unspecified atom stereocenters. The third-order valence-electron chi connectivity index (χ3n) is 3.23. The highest BCUT2D eigenvalue weighted by atomic mass is 16.1. The number of carbonyl (C=O) groups excluding carboxylic acids is 1. The van der Waals surface area contributed by atoms with E-state index in [1.165, 1.54) is 0 Å². The van der Waals surface area contributed by atoms with E-state index in [0.29, 0.717) is 11.3 Å². The van der Waals surface area contributed by atoms with Gasteiger partial charge in [-0.2, -0.15) is 0 Å². The number of aryl methyl sites for hydroxylation is 1. The van der Waals surface area contributed by atoms with Crippen molar-refractivity contribution in [3.8, 4) is 0 Å². The molecule has 0 atom stereocenters. The van der Waals surface area contributed by atoms with E-state index in [1.807, 2.05) is 43.3 Å². The van der Waals surface area contributed by atoms with Gasteiger partial charge in [0.1, 0.15) is 0 Å². The van der Waals surface area contributed by atoms with Gasteiger partial charge in [-0.25, -0.2) is 0 Å². The Bertz CT molecular complexity index is 789. The number of fused-ring (bicyclic) bond motifs is 1. The quantitative estimate of drug-likeness (QED) is 0.622. The van der Waals surface area contributed by atoms with Crippen LogP contribution in [0.5, 0.6) is 0 Å². The zero-order valence-electron chi connectivity index (χ0n) is 11.1. The standard InChI is InChI=1S/C16H15N3O/c1-10-3-2-4-12(7-10)19-16(20)14-9-18-15-8-11(17)5-6-13(14)15/h2-9,18H,17H2,1H3,(H,19,20). The molecule has 1 aromatic heterocycles. The van der Waals surface area contributed by atoms with Crippen molar-refractivity contribution in [2.45, 2.75) is 6.92 Å². The maximum Gasteiger partial charge on any atom is 0.257 e. The van der Waals surface area contributed by atoms with E-state index in [1.54, 1.807) is 12.3 Å². The predicted molar refractivity (Wildman–Crippen MR) is 81.8 cm³/mol. The van der Waals surface area contributed by atoms with Gasteiger partial charge in [-0.05, 0) is 42.8 Å². The molecule has 0 fully saturated rings. The number of nitrogens with one attached hydrogen (secondary N) is 2. The average molecular weight is 265 g/mol. The Balaban J connectivity index is 1.93. The van der Waals surface area contributed by atoms with Gasteiger partial charge >= 0.3 is 0 Å². The number of aromatic nitrogens is 1. The first-order chi connectivity index (χ1) is 9.63. The van der Waals surface area contributed by atoms with Gasteiger partial charge in [0.15, 0.2) is 0 Å². The number of benzene rings is 2. The molecule has 4 heteroatoms. The summed E-state index contributed by atoms with van der Waals surface area (Å²) in [4.78, 5) is 15.4. The first-order valence-corrected chi connectivity index (χ1v) is 6.38. The SMILES string of the molecule is Cc1cccc(NC(=O)c2c[nH]c3cc(N)ccc23)c1. The second-order valence-electron chi connectivity index (χ2n) is 4.83. The zero-order valence-corrected chi connectivity index (χ0v) is 11.1. The van der Waals surface area contributed by atoms with Crippen molar-refractivity contribution >= 4 is 28.2 Å². The Kier molecular flexibility index (Phi) is 2.91. The molecule has 4 N–H and O–H groups in total. The maximum absolute atomic E-state index is 12.3. The van der Waals surface area contributed by atoms with Gasteiger partial charge in [-0.1, -0.05) is 12.1 Å². The molecule has 2 aromatic carbocycles. The minimum Gasteiger partial charge on any atom is -0.399 e. The van der Waals surface area contributed by atoms with Crippen LogP contribution >= 0.6 is 0 Å². The second kappa shape index (κ2) is 4.74. The fourth-order valence-corrected chi connectivity index (χ4v) is 2.25. The first kappa shape index (κ1) is 12.3. The smallest absolute Gasteiger partial charge is 0.257 e. The van der Waals surface area contributed by atoms with Crippen LogP contribution in [0.25, 0.3) is 10.9 Å². The monoisotopic (exact) mass is 265 g/mol. The third-order valence-corrected chi connectivity index (χ3v) is 3.23. The number of hydrogen-bond acceptors (Lipinski definition) is 2. The van der Waals surface area contributed by atoms with Crippen LogP contribution in [0.4, 0.5) is 11.4 Å². The molecule has 4 nitrogen and oxygen atoms in total. The molecule has 0 bridgehead atoms. The predicted octanol–water partition coefficient (Wildman–Crippen LogP) is 3.31. The summed E-state index contributed by atoms with van der Waals surface area (Å²) in [5, 5.41) is 3.77. The number of aromatic amines is 1. The average Bonchev–Trinajstić information content (AvgIpc) is 2.81. The van der Waals surface area contributed by atoms with Crippen molar-refractivity contribution < 1.29 is 4.79 Å². The Hall–Kier alpha value is -2.75. The zero-order chi connectivity index (χ0) is 14.1. The molecule has 0 aliphatic heterocycles. The minimum atomic E-state index is -0.133. The highest BCUT2D eigenvalue weighted by molar-refractivity contribution is 6.13. The summed E-state index contributed by atoms with van der Waals surface area (Å²) >= 11 is 0. The summed E-state index contributed by atoms with van der Waals surface area (Å²) in [5.41, 5.74) is 9.77. The second-order valence-corrected chi connectivity index (χ2v) is 4.83. The van der Waals surface area contributed by atoms with E-state index < -0.39 is 0 Å². The molecule has 0 saturated carbocycles. The molecular weight excluding hydrogens is 250 g/mol. The number of carbonyl (C=O) groups is 1. The molecule has 1 heterocycles. The lowest BCUT2D eigenvalue weighted by Crippen LogP contribution is -2.11. The van der Waals surface area contributed by atoms with Crippen molar-refractivity contribution in [3.63, 3.8) is 0 Å². The summed E-state index contributed by atoms with van der Waals surface area (Å²) in [6.07, 6.45) is 1.70. The topological polar surface area (TPSA) is 70.9 Å². The van der Waals surface area contributed by atoms with E-state index in [-0.39, 0.29) is 5.91 Å². The number of nitrogens with two attached hydrogens (primary N) is 1. The fraction of sp³-hybridized carbons (Fsp3) is 0.0625. The number of rotatable bonds is 2. The van der Waals surface area contributed by atoms with Crippen LogP contribution in [0.1, 0.15) is 15.9 Å². The molecular formula is C16H15N3O. The lowest BCUT2D eigenvalue weighted by atomic mass is 10.1. The molecule has 0 spiro atoms. The van der Waals surface area contributed by atoms with Crippen LogP contribution in [0.15, 0.2) is 48.7 Å². The van der Waals surface area contributed by atoms with Gasteiger partial charge in [0.25, 0.3) is 5.91 Å². The number of nitrogen functional groups attached to an aromatic ring is 1. The fourth-order valence-electron chi connectivity index (χ4n) is 2.25. The molecule has 3 aromatic rings. The van der Waals surface area contributed by atoms with Crippen molar-refractivity contribution in [3.05, 3.63) is 59.8 Å². The number of amides is 1. The minimum absolute atomic E-state index is 0.133. The van der Waals surface area contributed by atoms with Crippen molar-refractivity contribution in [2.24, 2.45) is 0 Å². The normalized spacial score (nSPS) is 10.7. The van der Waals surface area contributed by atoms with Gasteiger partial charge in [0.05, 0.1) is 5.56 Å². The third kappa shape index (κ3) is 2.23. The first-order valence-electron chi connectivity index (χ1n) is 6.38. The van der Waals surface area contributed by atoms with E-state index in [2.05, 4.69) is 10.3 Å². The number of H-pyrrole nitrogens is 1. The molecule has 0 saturated heterocycles. The molecule has 100 valence electrons. The highest BCUT2D eigenvalue weighted by Crippen LogP contribution is 2.22. The van der Waals surface area contributed by atoms with E-state index in [4.69, 9.17) is 5.73 Å². The van der Waals surface area contributed by atoms with Crippen LogP contribution in [0, 0.1) is 6.92 Å². The maximum atomic E-state index is 12.3. The molecule has 1 amide bonds. The molecule has 3 rings (SSSR count). The van der Waals surface area contributed by atoms with Gasteiger partial charge in [-0.3, -0.25) is 4.79 Å². The van der Waals surface area contributed by atoms with Crippen LogP contribution in [-0.2, 0) is 0 Å². The van der Waals surface area contributed by atoms with Crippen molar-refractivity contribution in [1.29, 1.82) is 0 Å². The van der Waals surface area contributed by atoms with E-state index in [0.717, 1.165) is 22.2 Å². The number of hydrogen-bond donors (Lipinski definition) is 3. The van der Waals surface area contributed by atoms with Crippen molar-refractivity contribution in [2.75, 3.05) is 11.1 Å². The van der Waals surface area contributed by atoms with Crippen molar-refractivity contribution in [1.82, 2.24) is 4.98 Å². The summed E-state index contributed by atoms with van der Waals surface area (Å²) in [7, 11) is 0. The molecule has 0 aliphatic carbocycles. The van der Waals surface area contributed by atoms with Gasteiger partial charge in [0, 0.05) is 28.5 Å². The molecule has 0 radical (unpaired) electrons. The molecule has 0 aliphatic rings. The molecule has 20 heavy (non-hydrogen) atoms. The Morgan fingerprint density at radius 2 is 2.05 bits per heavy atom. The summed E-state index contributed by atoms with van der Waals surface area (Å²) < 4.78 is 0. The summed E-state index contributed by atoms with van der Waals surface area (Å²) in [6.45, 7) is 1.99. The van der Waals surface area contributed by atoms with E-state index >= 15 is 0 Å². The van der Waals surface area contributed by atoms with Crippen LogP contribution in [0.3, 0.4) is 0 Å². The lowest BCUT2D eigenvalue weighted by molar-refractivity contribution is 0.102. The van der Waals surface area contributed by atoms with Crippen LogP contribution in [0.2, 0.25) is 0 Å². The van der Waals surface area contributed by atoms with E-state index in [9.17, 15) is 4.79 Å². The summed E-state index contributed by atoms with van der Waals surface area (Å²) in [5.74, 6) is -0.133. The largest absolute Gasteiger partial charge is 0.399 e. The summed E-state index contributed by atoms with van der Waals surface area (Å²) in [6, 6.07) is 13.2. The van der Waals surface area contributed by atoms with Gasteiger partial charge < -0.3 is 16.0 Å². The Morgan fingerprint density at radius 3 is 2.85 bits per heavy atom. The Labute approximate surface area is 116 Å². The number of anilines is 2. The lowest BCUT2D eigenvalue weighted by Gasteiger charge is -2.05. The van der Waals surface area contributed by atoms with Crippen LogP contribution in [-0.4, -0.2) is 10.9 Å².